The summed E-state index contributed by atoms with van der Waals surface area (Å²) in [4.78, 5) is 17.2. The molecular weight excluding hydrogens is 531 g/mol. The van der Waals surface area contributed by atoms with E-state index < -0.39 is 17.6 Å². The topological polar surface area (TPSA) is 101 Å². The summed E-state index contributed by atoms with van der Waals surface area (Å²) >= 11 is 0. The van der Waals surface area contributed by atoms with Gasteiger partial charge in [-0.1, -0.05) is 24.0 Å². The number of nitrogen functional groups attached to an aromatic ring is 1. The zero-order chi connectivity index (χ0) is 29.3. The van der Waals surface area contributed by atoms with Crippen LogP contribution in [0, 0.1) is 25.7 Å². The third-order valence-electron chi connectivity index (χ3n) is 6.58. The number of nitrogens with zero attached hydrogens (tertiary/aromatic N) is 4. The molecule has 8 nitrogen and oxygen atoms in total. The van der Waals surface area contributed by atoms with Crippen molar-refractivity contribution in [3.63, 3.8) is 0 Å². The van der Waals surface area contributed by atoms with Gasteiger partial charge >= 0.3 is 6.18 Å². The summed E-state index contributed by atoms with van der Waals surface area (Å²) in [5, 5.41) is 8.30. The van der Waals surface area contributed by atoms with Crippen LogP contribution in [0.2, 0.25) is 0 Å². The van der Waals surface area contributed by atoms with Crippen molar-refractivity contribution in [1.82, 2.24) is 25.0 Å². The molecule has 4 N–H and O–H groups in total. The Balaban J connectivity index is 1.37. The molecule has 1 aliphatic rings. The van der Waals surface area contributed by atoms with Crippen molar-refractivity contribution in [3.05, 3.63) is 112 Å². The second-order valence-electron chi connectivity index (χ2n) is 9.64. The first-order chi connectivity index (χ1) is 19.5. The van der Waals surface area contributed by atoms with E-state index in [1.54, 1.807) is 52.3 Å². The van der Waals surface area contributed by atoms with E-state index in [0.29, 0.717) is 16.8 Å². The molecule has 5 rings (SSSR count). The molecule has 0 unspecified atom stereocenters. The first-order valence-electron chi connectivity index (χ1n) is 12.6. The molecule has 2 aromatic heterocycles. The molecule has 0 radical (unpaired) electrons. The number of carbonyl (C=O) groups excluding carboxylic acids is 1. The van der Waals surface area contributed by atoms with Crippen LogP contribution in [-0.4, -0.2) is 25.5 Å². The maximum Gasteiger partial charge on any atom is 0.416 e. The minimum Gasteiger partial charge on any atom is -0.366 e. The van der Waals surface area contributed by atoms with Gasteiger partial charge in [0.15, 0.2) is 5.65 Å². The molecule has 208 valence electrons. The molecule has 0 saturated carbocycles. The molecule has 3 heterocycles. The Labute approximate surface area is 234 Å². The fourth-order valence-corrected chi connectivity index (χ4v) is 4.28. The maximum absolute atomic E-state index is 13.9. The van der Waals surface area contributed by atoms with Crippen LogP contribution < -0.4 is 16.5 Å². The second kappa shape index (κ2) is 10.7. The number of nitrogens with one attached hydrogen (secondary N) is 2. The molecule has 0 aliphatic carbocycles. The summed E-state index contributed by atoms with van der Waals surface area (Å²) in [6.07, 6.45) is 0.570. The van der Waals surface area contributed by atoms with E-state index in [0.717, 1.165) is 22.9 Å². The summed E-state index contributed by atoms with van der Waals surface area (Å²) in [7, 11) is 0. The van der Waals surface area contributed by atoms with Crippen LogP contribution in [0.25, 0.3) is 5.65 Å². The largest absolute Gasteiger partial charge is 0.416 e. The molecule has 1 aliphatic heterocycles. The van der Waals surface area contributed by atoms with E-state index in [1.165, 1.54) is 12.1 Å². The summed E-state index contributed by atoms with van der Waals surface area (Å²) in [6, 6.07) is 12.3. The molecular formula is C30H26F3N7O. The minimum absolute atomic E-state index is 0.0138. The molecule has 1 amide bonds. The Hall–Kier alpha value is -5.24. The lowest BCUT2D eigenvalue weighted by Gasteiger charge is -2.25. The summed E-state index contributed by atoms with van der Waals surface area (Å²) in [5.74, 6) is 5.80. The highest BCUT2D eigenvalue weighted by Gasteiger charge is 2.34. The number of halogens is 3. The lowest BCUT2D eigenvalue weighted by Crippen LogP contribution is -2.31. The van der Waals surface area contributed by atoms with Gasteiger partial charge in [0.05, 0.1) is 17.8 Å². The molecule has 0 bridgehead atoms. The Morgan fingerprint density at radius 1 is 1.05 bits per heavy atom. The lowest BCUT2D eigenvalue weighted by atomic mass is 10.0. The molecule has 0 atom stereocenters. The Morgan fingerprint density at radius 2 is 1.83 bits per heavy atom. The number of benzene rings is 2. The van der Waals surface area contributed by atoms with Gasteiger partial charge in [-0.05, 0) is 79.9 Å². The third-order valence-corrected chi connectivity index (χ3v) is 6.58. The molecule has 4 aromatic rings. The number of nitrogens with two attached hydrogens (primary N) is 1. The van der Waals surface area contributed by atoms with Crippen molar-refractivity contribution in [2.24, 2.45) is 0 Å². The number of amides is 1. The molecule has 2 aromatic carbocycles. The third kappa shape index (κ3) is 6.01. The van der Waals surface area contributed by atoms with Gasteiger partial charge in [-0.25, -0.2) is 4.52 Å². The van der Waals surface area contributed by atoms with Gasteiger partial charge in [0.25, 0.3) is 5.91 Å². The molecule has 0 fully saturated rings. The highest BCUT2D eigenvalue weighted by atomic mass is 19.4. The van der Waals surface area contributed by atoms with Crippen LogP contribution >= 0.6 is 0 Å². The smallest absolute Gasteiger partial charge is 0.366 e. The number of allylic oxidation sites excluding steroid dienone is 2. The Kier molecular flexibility index (Phi) is 7.15. The molecule has 41 heavy (non-hydrogen) atoms. The second-order valence-corrected chi connectivity index (χ2v) is 9.64. The number of aryl methyl sites for hydroxylation is 2. The average molecular weight is 558 g/mol. The van der Waals surface area contributed by atoms with Crippen LogP contribution in [0.1, 0.15) is 50.8 Å². The fraction of sp³-hybridized carbons (Fsp3) is 0.167. The van der Waals surface area contributed by atoms with Crippen molar-refractivity contribution >= 4 is 23.2 Å². The van der Waals surface area contributed by atoms with Crippen molar-refractivity contribution in [2.75, 3.05) is 11.1 Å². The monoisotopic (exact) mass is 557 g/mol. The minimum atomic E-state index is -4.60. The SMILES string of the molecule is CC1=CNN(Cc2ccc(NC(=O)c3ccc(C)c(C#Cc4ccc5nc(N)nn5c4C)c3)cc2C(F)(F)F)C=C1. The van der Waals surface area contributed by atoms with Crippen molar-refractivity contribution in [3.8, 4) is 11.8 Å². The van der Waals surface area contributed by atoms with Crippen LogP contribution in [0.3, 0.4) is 0 Å². The zero-order valence-electron chi connectivity index (χ0n) is 22.5. The van der Waals surface area contributed by atoms with Crippen LogP contribution in [0.5, 0.6) is 0 Å². The molecule has 11 heteroatoms. The standard InChI is InChI=1S/C30H26F3N7O/c1-18-12-13-39(35-16-18)17-24-8-10-25(15-26(24)30(31,32)33)36-28(41)23-5-4-19(2)22(14-23)7-6-21-9-11-27-37-29(34)38-40(27)20(21)3/h4-5,8-16,35H,17H2,1-3H3,(H2,34,38)(H,36,41). The van der Waals surface area contributed by atoms with Gasteiger partial charge in [-0.2, -0.15) is 18.2 Å². The number of fused-ring (bicyclic) bond motifs is 1. The van der Waals surface area contributed by atoms with Crippen molar-refractivity contribution < 1.29 is 18.0 Å². The summed E-state index contributed by atoms with van der Waals surface area (Å²) < 4.78 is 43.4. The summed E-state index contributed by atoms with van der Waals surface area (Å²) in [5.41, 5.74) is 12.6. The number of rotatable bonds is 4. The van der Waals surface area contributed by atoms with Crippen LogP contribution in [0.15, 0.2) is 72.6 Å². The quantitative estimate of drug-likeness (QED) is 0.293. The predicted molar refractivity (Wildman–Crippen MR) is 150 cm³/mol. The fourth-order valence-electron chi connectivity index (χ4n) is 4.28. The van der Waals surface area contributed by atoms with Gasteiger partial charge in [0, 0.05) is 34.8 Å². The van der Waals surface area contributed by atoms with Gasteiger partial charge in [0.2, 0.25) is 5.95 Å². The molecule has 0 saturated heterocycles. The normalized spacial score (nSPS) is 12.9. The van der Waals surface area contributed by atoms with Gasteiger partial charge in [-0.3, -0.25) is 9.80 Å². The predicted octanol–water partition coefficient (Wildman–Crippen LogP) is 5.34. The van der Waals surface area contributed by atoms with E-state index in [2.05, 4.69) is 32.7 Å². The zero-order valence-corrected chi connectivity index (χ0v) is 22.5. The first kappa shape index (κ1) is 27.3. The van der Waals surface area contributed by atoms with Crippen molar-refractivity contribution in [2.45, 2.75) is 33.5 Å². The number of alkyl halides is 3. The van der Waals surface area contributed by atoms with E-state index >= 15 is 0 Å². The summed E-state index contributed by atoms with van der Waals surface area (Å²) in [6.45, 7) is 5.57. The first-order valence-corrected chi connectivity index (χ1v) is 12.6. The number of aromatic nitrogens is 3. The number of hydrogen-bond acceptors (Lipinski definition) is 6. The molecule has 0 spiro atoms. The number of hydrazine groups is 1. The van der Waals surface area contributed by atoms with E-state index in [1.807, 2.05) is 26.8 Å². The van der Waals surface area contributed by atoms with Crippen LogP contribution in [0.4, 0.5) is 24.8 Å². The number of pyridine rings is 1. The van der Waals surface area contributed by atoms with Crippen molar-refractivity contribution in [1.29, 1.82) is 0 Å². The highest BCUT2D eigenvalue weighted by Crippen LogP contribution is 2.34. The number of hydrogen-bond donors (Lipinski definition) is 3. The Morgan fingerprint density at radius 3 is 2.56 bits per heavy atom. The highest BCUT2D eigenvalue weighted by molar-refractivity contribution is 6.04. The lowest BCUT2D eigenvalue weighted by molar-refractivity contribution is -0.138. The maximum atomic E-state index is 13.9. The van der Waals surface area contributed by atoms with Gasteiger partial charge in [0.1, 0.15) is 0 Å². The van der Waals surface area contributed by atoms with E-state index in [4.69, 9.17) is 5.73 Å². The number of carbonyl (C=O) groups is 1. The Bertz CT molecular complexity index is 1790. The van der Waals surface area contributed by atoms with Crippen LogP contribution in [-0.2, 0) is 12.7 Å². The number of anilines is 2. The van der Waals surface area contributed by atoms with Gasteiger partial charge in [-0.15, -0.1) is 5.10 Å². The van der Waals surface area contributed by atoms with Gasteiger partial charge < -0.3 is 16.5 Å². The average Bonchev–Trinajstić information content (AvgIpc) is 3.32. The van der Waals surface area contributed by atoms with E-state index in [9.17, 15) is 18.0 Å². The van der Waals surface area contributed by atoms with E-state index in [-0.39, 0.29) is 29.3 Å².